The van der Waals surface area contributed by atoms with Crippen LogP contribution in [-0.4, -0.2) is 20.3 Å². The van der Waals surface area contributed by atoms with Crippen LogP contribution in [0.2, 0.25) is 0 Å². The Labute approximate surface area is 96.4 Å². The summed E-state index contributed by atoms with van der Waals surface area (Å²) in [5.74, 6) is 2.18. The van der Waals surface area contributed by atoms with Gasteiger partial charge in [0.15, 0.2) is 9.84 Å². The van der Waals surface area contributed by atoms with Crippen LogP contribution in [-0.2, 0) is 9.84 Å². The van der Waals surface area contributed by atoms with Crippen LogP contribution >= 0.6 is 0 Å². The molecule has 1 rings (SSSR count). The highest BCUT2D eigenvalue weighted by Gasteiger charge is 2.18. The van der Waals surface area contributed by atoms with Crippen LogP contribution in [0.15, 0.2) is 29.2 Å². The van der Waals surface area contributed by atoms with Gasteiger partial charge in [-0.2, -0.15) is 0 Å². The first-order valence-corrected chi connectivity index (χ1v) is 6.54. The van der Waals surface area contributed by atoms with Gasteiger partial charge in [0.1, 0.15) is 16.4 Å². The van der Waals surface area contributed by atoms with E-state index >= 15 is 0 Å². The summed E-state index contributed by atoms with van der Waals surface area (Å²) in [6, 6.07) is 6.51. The smallest absolute Gasteiger partial charge is 0.193 e. The molecule has 86 valence electrons. The highest BCUT2D eigenvalue weighted by molar-refractivity contribution is 7.91. The van der Waals surface area contributed by atoms with Crippen molar-refractivity contribution in [3.05, 3.63) is 24.3 Å². The van der Waals surface area contributed by atoms with Gasteiger partial charge in [0.25, 0.3) is 0 Å². The monoisotopic (exact) mass is 238 g/mol. The second kappa shape index (κ2) is 5.04. The predicted molar refractivity (Wildman–Crippen MR) is 63.1 cm³/mol. The van der Waals surface area contributed by atoms with Gasteiger partial charge < -0.3 is 4.74 Å². The average Bonchev–Trinajstić information content (AvgIpc) is 2.17. The molecule has 0 spiro atoms. The molecule has 0 amide bonds. The average molecular weight is 238 g/mol. The van der Waals surface area contributed by atoms with Crippen molar-refractivity contribution in [3.63, 3.8) is 0 Å². The summed E-state index contributed by atoms with van der Waals surface area (Å²) in [5.41, 5.74) is 0. The van der Waals surface area contributed by atoms with Gasteiger partial charge in [0, 0.05) is 0 Å². The molecule has 0 N–H and O–H groups in total. The summed E-state index contributed by atoms with van der Waals surface area (Å²) in [5, 5.41) is 0. The lowest BCUT2D eigenvalue weighted by Gasteiger charge is -2.13. The van der Waals surface area contributed by atoms with Crippen LogP contribution in [0.1, 0.15) is 13.8 Å². The second-order valence-electron chi connectivity index (χ2n) is 3.58. The van der Waals surface area contributed by atoms with Crippen molar-refractivity contribution in [1.82, 2.24) is 0 Å². The van der Waals surface area contributed by atoms with E-state index in [4.69, 9.17) is 11.2 Å². The Morgan fingerprint density at radius 3 is 2.56 bits per heavy atom. The third-order valence-corrected chi connectivity index (χ3v) is 3.37. The van der Waals surface area contributed by atoms with E-state index in [1.165, 1.54) is 6.07 Å². The summed E-state index contributed by atoms with van der Waals surface area (Å²) in [4.78, 5) is 0.154. The molecule has 0 heterocycles. The Morgan fingerprint density at radius 1 is 1.38 bits per heavy atom. The molecule has 1 aromatic rings. The zero-order valence-corrected chi connectivity index (χ0v) is 10.1. The molecule has 0 atom stereocenters. The number of benzene rings is 1. The topological polar surface area (TPSA) is 43.4 Å². The fraction of sp³-hybridized carbons (Fsp3) is 0.333. The minimum Gasteiger partial charge on any atom is -0.490 e. The zero-order chi connectivity index (χ0) is 12.2. The van der Waals surface area contributed by atoms with E-state index in [1.54, 1.807) is 18.2 Å². The first-order valence-electron chi connectivity index (χ1n) is 4.89. The van der Waals surface area contributed by atoms with Gasteiger partial charge in [0.05, 0.1) is 6.10 Å². The predicted octanol–water partition coefficient (Wildman–Crippen LogP) is 1.88. The molecule has 3 nitrogen and oxygen atoms in total. The van der Waals surface area contributed by atoms with Crippen molar-refractivity contribution < 1.29 is 13.2 Å². The van der Waals surface area contributed by atoms with Crippen molar-refractivity contribution in [1.29, 1.82) is 0 Å². The van der Waals surface area contributed by atoms with E-state index < -0.39 is 9.84 Å². The van der Waals surface area contributed by atoms with Crippen LogP contribution in [0.5, 0.6) is 5.75 Å². The quantitative estimate of drug-likeness (QED) is 0.752. The van der Waals surface area contributed by atoms with Gasteiger partial charge in [-0.05, 0) is 26.0 Å². The normalized spacial score (nSPS) is 11.1. The lowest BCUT2D eigenvalue weighted by molar-refractivity contribution is 0.236. The van der Waals surface area contributed by atoms with Crippen molar-refractivity contribution in [2.75, 3.05) is 5.75 Å². The molecule has 0 radical (unpaired) electrons. The Hall–Kier alpha value is -1.47. The molecule has 4 heteroatoms. The van der Waals surface area contributed by atoms with Gasteiger partial charge >= 0.3 is 0 Å². The van der Waals surface area contributed by atoms with E-state index in [0.29, 0.717) is 5.75 Å². The fourth-order valence-corrected chi connectivity index (χ4v) is 2.33. The van der Waals surface area contributed by atoms with Gasteiger partial charge in [-0.25, -0.2) is 8.42 Å². The van der Waals surface area contributed by atoms with Crippen LogP contribution in [0.25, 0.3) is 0 Å². The third-order valence-electron chi connectivity index (χ3n) is 1.82. The molecular weight excluding hydrogens is 224 g/mol. The SMILES string of the molecule is C#CCS(=O)(=O)c1ccccc1OC(C)C. The Kier molecular flexibility index (Phi) is 3.97. The van der Waals surface area contributed by atoms with Crippen molar-refractivity contribution >= 4 is 9.84 Å². The van der Waals surface area contributed by atoms with Crippen LogP contribution < -0.4 is 4.74 Å². The maximum absolute atomic E-state index is 11.8. The largest absolute Gasteiger partial charge is 0.490 e. The summed E-state index contributed by atoms with van der Waals surface area (Å²) >= 11 is 0. The highest BCUT2D eigenvalue weighted by Crippen LogP contribution is 2.25. The van der Waals surface area contributed by atoms with Gasteiger partial charge in [-0.15, -0.1) is 6.42 Å². The Morgan fingerprint density at radius 2 is 2.00 bits per heavy atom. The molecule has 0 saturated heterocycles. The fourth-order valence-electron chi connectivity index (χ4n) is 1.25. The molecule has 1 aromatic carbocycles. The van der Waals surface area contributed by atoms with E-state index in [-0.39, 0.29) is 16.8 Å². The molecule has 0 aromatic heterocycles. The summed E-state index contributed by atoms with van der Waals surface area (Å²) in [6.07, 6.45) is 4.95. The van der Waals surface area contributed by atoms with E-state index in [0.717, 1.165) is 0 Å². The zero-order valence-electron chi connectivity index (χ0n) is 9.30. The molecule has 0 unspecified atom stereocenters. The molecule has 0 fully saturated rings. The molecule has 0 saturated carbocycles. The van der Waals surface area contributed by atoms with Gasteiger partial charge in [-0.1, -0.05) is 18.1 Å². The maximum Gasteiger partial charge on any atom is 0.193 e. The number of hydrogen-bond acceptors (Lipinski definition) is 3. The Bertz CT molecular complexity index is 495. The van der Waals surface area contributed by atoms with Crippen LogP contribution in [0.3, 0.4) is 0 Å². The first kappa shape index (κ1) is 12.6. The minimum absolute atomic E-state index is 0.0813. The Balaban J connectivity index is 3.19. The number of para-hydroxylation sites is 1. The maximum atomic E-state index is 11.8. The third kappa shape index (κ3) is 3.01. The van der Waals surface area contributed by atoms with E-state index in [9.17, 15) is 8.42 Å². The van der Waals surface area contributed by atoms with Gasteiger partial charge in [0.2, 0.25) is 0 Å². The standard InChI is InChI=1S/C12H14O3S/c1-4-9-16(13,14)12-8-6-5-7-11(12)15-10(2)3/h1,5-8,10H,9H2,2-3H3. The molecule has 0 bridgehead atoms. The molecular formula is C12H14O3S. The molecule has 0 aliphatic carbocycles. The van der Waals surface area contributed by atoms with Gasteiger partial charge in [-0.3, -0.25) is 0 Å². The second-order valence-corrected chi connectivity index (χ2v) is 5.53. The van der Waals surface area contributed by atoms with E-state index in [2.05, 4.69) is 5.92 Å². The van der Waals surface area contributed by atoms with Crippen molar-refractivity contribution in [2.45, 2.75) is 24.8 Å². The minimum atomic E-state index is -3.45. The lowest BCUT2D eigenvalue weighted by atomic mass is 10.3. The molecule has 16 heavy (non-hydrogen) atoms. The summed E-state index contributed by atoms with van der Waals surface area (Å²) in [7, 11) is -3.45. The lowest BCUT2D eigenvalue weighted by Crippen LogP contribution is -2.11. The molecule has 0 aliphatic rings. The van der Waals surface area contributed by atoms with Crippen molar-refractivity contribution in [3.8, 4) is 18.1 Å². The molecule has 0 aliphatic heterocycles. The number of ether oxygens (including phenoxy) is 1. The number of sulfone groups is 1. The van der Waals surface area contributed by atoms with Crippen LogP contribution in [0, 0.1) is 12.3 Å². The number of hydrogen-bond donors (Lipinski definition) is 0. The first-order chi connectivity index (χ1) is 7.47. The number of terminal acetylenes is 1. The van der Waals surface area contributed by atoms with Crippen LogP contribution in [0.4, 0.5) is 0 Å². The summed E-state index contributed by atoms with van der Waals surface area (Å²) < 4.78 is 29.1. The summed E-state index contributed by atoms with van der Waals surface area (Å²) in [6.45, 7) is 3.68. The number of rotatable bonds is 4. The van der Waals surface area contributed by atoms with Crippen molar-refractivity contribution in [2.24, 2.45) is 0 Å². The highest BCUT2D eigenvalue weighted by atomic mass is 32.2. The van der Waals surface area contributed by atoms with E-state index in [1.807, 2.05) is 13.8 Å².